The van der Waals surface area contributed by atoms with E-state index >= 15 is 0 Å². The molecule has 0 spiro atoms. The minimum atomic E-state index is -0.377. The Morgan fingerprint density at radius 3 is 2.56 bits per heavy atom. The molecular weight excluding hydrogens is 404 g/mol. The average Bonchev–Trinajstić information content (AvgIpc) is 2.94. The van der Waals surface area contributed by atoms with Gasteiger partial charge in [0, 0.05) is 29.0 Å². The Balaban J connectivity index is 1.83. The third kappa shape index (κ3) is 3.38. The first-order chi connectivity index (χ1) is 13.1. The quantitative estimate of drug-likeness (QED) is 0.652. The Morgan fingerprint density at radius 1 is 1.04 bits per heavy atom. The van der Waals surface area contributed by atoms with Crippen LogP contribution >= 0.6 is 15.9 Å². The second-order valence-electron chi connectivity index (χ2n) is 6.38. The average molecular weight is 421 g/mol. The highest BCUT2D eigenvalue weighted by molar-refractivity contribution is 9.10. The zero-order valence-corrected chi connectivity index (χ0v) is 16.0. The number of aromatic nitrogens is 1. The van der Waals surface area contributed by atoms with Crippen molar-refractivity contribution in [3.63, 3.8) is 0 Å². The Bertz CT molecular complexity index is 1000. The Kier molecular flexibility index (Phi) is 4.77. The van der Waals surface area contributed by atoms with Gasteiger partial charge in [0.1, 0.15) is 0 Å². The largest absolute Gasteiger partial charge is 0.503 e. The molecule has 2 aromatic carbocycles. The number of halogens is 1. The molecular formula is C22H17BrN2O2. The van der Waals surface area contributed by atoms with E-state index in [0.29, 0.717) is 12.1 Å². The van der Waals surface area contributed by atoms with E-state index in [-0.39, 0.29) is 17.7 Å². The summed E-state index contributed by atoms with van der Waals surface area (Å²) < 4.78 is 0.924. The van der Waals surface area contributed by atoms with Crippen LogP contribution in [0.5, 0.6) is 0 Å². The number of rotatable bonds is 4. The van der Waals surface area contributed by atoms with Gasteiger partial charge in [-0.3, -0.25) is 9.78 Å². The van der Waals surface area contributed by atoms with Gasteiger partial charge in [-0.25, -0.2) is 0 Å². The summed E-state index contributed by atoms with van der Waals surface area (Å²) in [4.78, 5) is 18.8. The lowest BCUT2D eigenvalue weighted by Gasteiger charge is -2.27. The van der Waals surface area contributed by atoms with Gasteiger partial charge in [0.2, 0.25) is 0 Å². The molecule has 1 aliphatic rings. The zero-order valence-electron chi connectivity index (χ0n) is 14.4. The molecule has 1 aliphatic heterocycles. The fraction of sp³-hybridized carbons (Fsp3) is 0.0909. The van der Waals surface area contributed by atoms with Crippen LogP contribution in [0.4, 0.5) is 0 Å². The normalized spacial score (nSPS) is 16.9. The van der Waals surface area contributed by atoms with E-state index < -0.39 is 0 Å². The molecule has 0 saturated heterocycles. The van der Waals surface area contributed by atoms with Gasteiger partial charge in [0.05, 0.1) is 6.04 Å². The highest BCUT2D eigenvalue weighted by Crippen LogP contribution is 2.44. The van der Waals surface area contributed by atoms with Crippen LogP contribution in [0.2, 0.25) is 0 Å². The first kappa shape index (κ1) is 17.5. The van der Waals surface area contributed by atoms with Crippen LogP contribution in [-0.2, 0) is 11.3 Å². The lowest BCUT2D eigenvalue weighted by Crippen LogP contribution is -2.29. The fourth-order valence-electron chi connectivity index (χ4n) is 3.44. The van der Waals surface area contributed by atoms with E-state index in [0.717, 1.165) is 21.2 Å². The van der Waals surface area contributed by atoms with Crippen molar-refractivity contribution in [3.8, 4) is 0 Å². The molecule has 1 amide bonds. The maximum absolute atomic E-state index is 12.9. The molecule has 5 heteroatoms. The lowest BCUT2D eigenvalue weighted by atomic mass is 9.93. The molecule has 0 aliphatic carbocycles. The number of nitrogens with zero attached hydrogens (tertiary/aromatic N) is 2. The molecule has 1 N–H and O–H groups in total. The summed E-state index contributed by atoms with van der Waals surface area (Å²) >= 11 is 3.51. The maximum Gasteiger partial charge on any atom is 0.290 e. The van der Waals surface area contributed by atoms with E-state index in [1.807, 2.05) is 66.7 Å². The Morgan fingerprint density at radius 2 is 1.85 bits per heavy atom. The van der Waals surface area contributed by atoms with E-state index in [2.05, 4.69) is 20.9 Å². The van der Waals surface area contributed by atoms with Crippen LogP contribution in [0.15, 0.2) is 89.4 Å². The summed E-state index contributed by atoms with van der Waals surface area (Å²) in [6, 6.07) is 20.8. The number of aliphatic hydroxyl groups is 1. The topological polar surface area (TPSA) is 53.4 Å². The highest BCUT2D eigenvalue weighted by atomic mass is 79.9. The number of pyridine rings is 1. The van der Waals surface area contributed by atoms with Crippen molar-refractivity contribution < 1.29 is 9.90 Å². The summed E-state index contributed by atoms with van der Waals surface area (Å²) in [5.74, 6) is -0.572. The summed E-state index contributed by atoms with van der Waals surface area (Å²) in [5, 5.41) is 10.7. The number of carbonyl (C=O) groups excluding carboxylic acids is 1. The van der Waals surface area contributed by atoms with Crippen molar-refractivity contribution in [2.45, 2.75) is 12.6 Å². The van der Waals surface area contributed by atoms with Crippen molar-refractivity contribution >= 4 is 27.4 Å². The molecule has 27 heavy (non-hydrogen) atoms. The Hall–Kier alpha value is -2.92. The minimum absolute atomic E-state index is 0.199. The summed E-state index contributed by atoms with van der Waals surface area (Å²) in [7, 11) is 0. The van der Waals surface area contributed by atoms with Gasteiger partial charge in [0.25, 0.3) is 5.91 Å². The molecule has 2 heterocycles. The number of aliphatic hydroxyl groups excluding tert-OH is 1. The fourth-order valence-corrected chi connectivity index (χ4v) is 3.86. The molecule has 4 rings (SSSR count). The molecule has 1 atom stereocenters. The maximum atomic E-state index is 12.9. The van der Waals surface area contributed by atoms with Gasteiger partial charge in [-0.1, -0.05) is 64.5 Å². The van der Waals surface area contributed by atoms with Crippen LogP contribution in [0.1, 0.15) is 22.7 Å². The first-order valence-electron chi connectivity index (χ1n) is 8.59. The van der Waals surface area contributed by atoms with Crippen LogP contribution in [-0.4, -0.2) is 20.9 Å². The van der Waals surface area contributed by atoms with Crippen molar-refractivity contribution in [2.24, 2.45) is 0 Å². The van der Waals surface area contributed by atoms with Gasteiger partial charge in [-0.05, 0) is 34.9 Å². The van der Waals surface area contributed by atoms with Crippen LogP contribution in [0.3, 0.4) is 0 Å². The smallest absolute Gasteiger partial charge is 0.290 e. The molecule has 1 aromatic heterocycles. The van der Waals surface area contributed by atoms with Gasteiger partial charge in [0.15, 0.2) is 5.76 Å². The Labute approximate surface area is 165 Å². The molecule has 0 saturated carbocycles. The molecule has 0 fully saturated rings. The second kappa shape index (κ2) is 7.37. The van der Waals surface area contributed by atoms with Gasteiger partial charge in [-0.15, -0.1) is 0 Å². The summed E-state index contributed by atoms with van der Waals surface area (Å²) in [6.45, 7) is 0.365. The number of hydrogen-bond donors (Lipinski definition) is 1. The van der Waals surface area contributed by atoms with E-state index in [1.54, 1.807) is 17.3 Å². The lowest BCUT2D eigenvalue weighted by molar-refractivity contribution is -0.130. The van der Waals surface area contributed by atoms with Crippen LogP contribution in [0, 0.1) is 0 Å². The predicted octanol–water partition coefficient (Wildman–Crippen LogP) is 4.90. The van der Waals surface area contributed by atoms with Crippen LogP contribution < -0.4 is 0 Å². The number of amides is 1. The number of carbonyl (C=O) groups is 1. The monoisotopic (exact) mass is 420 g/mol. The van der Waals surface area contributed by atoms with Crippen molar-refractivity contribution in [1.82, 2.24) is 9.88 Å². The summed E-state index contributed by atoms with van der Waals surface area (Å²) in [6.07, 6.45) is 3.44. The minimum Gasteiger partial charge on any atom is -0.503 e. The third-order valence-electron chi connectivity index (χ3n) is 4.63. The van der Waals surface area contributed by atoms with E-state index in [1.165, 1.54) is 0 Å². The van der Waals surface area contributed by atoms with Crippen molar-refractivity contribution in [3.05, 3.63) is 106 Å². The molecule has 1 unspecified atom stereocenters. The van der Waals surface area contributed by atoms with E-state index in [4.69, 9.17) is 0 Å². The molecule has 134 valence electrons. The predicted molar refractivity (Wildman–Crippen MR) is 108 cm³/mol. The molecule has 0 bridgehead atoms. The van der Waals surface area contributed by atoms with Crippen molar-refractivity contribution in [1.29, 1.82) is 0 Å². The molecule has 3 aromatic rings. The number of hydrogen-bond acceptors (Lipinski definition) is 3. The number of benzene rings is 2. The SMILES string of the molecule is O=C1C(O)=C(c2ccccc2)C(c2cccc(Br)c2)N1Cc1cccnc1. The molecule has 0 radical (unpaired) electrons. The third-order valence-corrected chi connectivity index (χ3v) is 5.12. The molecule has 4 nitrogen and oxygen atoms in total. The van der Waals surface area contributed by atoms with E-state index in [9.17, 15) is 9.90 Å². The van der Waals surface area contributed by atoms with Crippen LogP contribution in [0.25, 0.3) is 5.57 Å². The summed E-state index contributed by atoms with van der Waals surface area (Å²) in [5.41, 5.74) is 3.31. The van der Waals surface area contributed by atoms with Gasteiger partial charge in [-0.2, -0.15) is 0 Å². The highest BCUT2D eigenvalue weighted by Gasteiger charge is 2.41. The second-order valence-corrected chi connectivity index (χ2v) is 7.30. The zero-order chi connectivity index (χ0) is 18.8. The standard InChI is InChI=1S/C22H17BrN2O2/c23-18-10-4-9-17(12-18)20-19(16-7-2-1-3-8-16)21(26)22(27)25(20)14-15-6-5-11-24-13-15/h1-13,20,26H,14H2. The van der Waals surface area contributed by atoms with Crippen molar-refractivity contribution in [2.75, 3.05) is 0 Å². The van der Waals surface area contributed by atoms with Gasteiger partial charge >= 0.3 is 0 Å². The van der Waals surface area contributed by atoms with Gasteiger partial charge < -0.3 is 10.0 Å². The first-order valence-corrected chi connectivity index (χ1v) is 9.38.